The molecule has 1 aromatic rings. The molecule has 0 radical (unpaired) electrons. The van der Waals surface area contributed by atoms with Gasteiger partial charge in [-0.2, -0.15) is 0 Å². The molecule has 0 aliphatic rings. The second-order valence-corrected chi connectivity index (χ2v) is 4.79. The maximum atomic E-state index is 11.6. The second kappa shape index (κ2) is 8.55. The van der Waals surface area contributed by atoms with Gasteiger partial charge in [-0.15, -0.1) is 0 Å². The Morgan fingerprint density at radius 1 is 1.25 bits per heavy atom. The predicted octanol–water partition coefficient (Wildman–Crippen LogP) is 1.50. The molecule has 0 saturated heterocycles. The molecule has 0 heterocycles. The molecule has 0 spiro atoms. The maximum absolute atomic E-state index is 11.6. The minimum Gasteiger partial charge on any atom is -0.484 e. The summed E-state index contributed by atoms with van der Waals surface area (Å²) in [7, 11) is 3.52. The molecule has 1 rings (SSSR count). The molecule has 5 heteroatoms. The molecule has 20 heavy (non-hydrogen) atoms. The van der Waals surface area contributed by atoms with Gasteiger partial charge >= 0.3 is 0 Å². The van der Waals surface area contributed by atoms with Crippen LogP contribution in [-0.2, 0) is 9.53 Å². The fourth-order valence-electron chi connectivity index (χ4n) is 1.78. The van der Waals surface area contributed by atoms with Gasteiger partial charge in [-0.05, 0) is 38.6 Å². The van der Waals surface area contributed by atoms with Crippen LogP contribution >= 0.6 is 0 Å². The molecular weight excluding hydrogens is 256 g/mol. The summed E-state index contributed by atoms with van der Waals surface area (Å²) in [6.07, 6.45) is 0. The van der Waals surface area contributed by atoms with Crippen LogP contribution in [0, 0.1) is 0 Å². The van der Waals surface area contributed by atoms with E-state index < -0.39 is 0 Å². The van der Waals surface area contributed by atoms with Crippen LogP contribution in [-0.4, -0.2) is 39.3 Å². The molecule has 0 aromatic heterocycles. The Bertz CT molecular complexity index is 406. The number of hydrogen-bond donors (Lipinski definition) is 2. The lowest BCUT2D eigenvalue weighted by atomic mass is 10.1. The number of ether oxygens (including phenoxy) is 2. The van der Waals surface area contributed by atoms with E-state index in [1.54, 1.807) is 7.11 Å². The molecule has 1 amide bonds. The van der Waals surface area contributed by atoms with Crippen molar-refractivity contribution in [3.8, 4) is 5.75 Å². The van der Waals surface area contributed by atoms with Crippen molar-refractivity contribution in [3.05, 3.63) is 29.8 Å². The third-order valence-electron chi connectivity index (χ3n) is 3.01. The van der Waals surface area contributed by atoms with Crippen molar-refractivity contribution in [3.63, 3.8) is 0 Å². The summed E-state index contributed by atoms with van der Waals surface area (Å²) in [5, 5.41) is 5.96. The third-order valence-corrected chi connectivity index (χ3v) is 3.01. The van der Waals surface area contributed by atoms with Crippen LogP contribution in [0.4, 0.5) is 0 Å². The van der Waals surface area contributed by atoms with E-state index >= 15 is 0 Å². The molecule has 0 bridgehead atoms. The van der Waals surface area contributed by atoms with E-state index in [9.17, 15) is 4.79 Å². The van der Waals surface area contributed by atoms with Crippen molar-refractivity contribution in [1.82, 2.24) is 10.6 Å². The van der Waals surface area contributed by atoms with Gasteiger partial charge < -0.3 is 20.1 Å². The number of benzene rings is 1. The molecule has 1 aromatic carbocycles. The van der Waals surface area contributed by atoms with Crippen molar-refractivity contribution >= 4 is 5.91 Å². The molecule has 2 N–H and O–H groups in total. The van der Waals surface area contributed by atoms with Crippen molar-refractivity contribution in [2.24, 2.45) is 0 Å². The van der Waals surface area contributed by atoms with Crippen LogP contribution in [0.2, 0.25) is 0 Å². The average molecular weight is 280 g/mol. The summed E-state index contributed by atoms with van der Waals surface area (Å²) in [5.41, 5.74) is 1.18. The monoisotopic (exact) mass is 280 g/mol. The lowest BCUT2D eigenvalue weighted by Gasteiger charge is -2.14. The van der Waals surface area contributed by atoms with Gasteiger partial charge in [0.1, 0.15) is 5.75 Å². The normalized spacial score (nSPS) is 13.6. The first-order valence-electron chi connectivity index (χ1n) is 6.75. The van der Waals surface area contributed by atoms with E-state index in [0.29, 0.717) is 18.4 Å². The van der Waals surface area contributed by atoms with Crippen LogP contribution < -0.4 is 15.4 Å². The SMILES string of the molecule is CNC(C)c1ccc(OCC(=O)NC(C)COC)cc1. The minimum atomic E-state index is -0.151. The first kappa shape index (κ1) is 16.5. The fourth-order valence-corrected chi connectivity index (χ4v) is 1.78. The highest BCUT2D eigenvalue weighted by atomic mass is 16.5. The molecule has 2 atom stereocenters. The molecule has 2 unspecified atom stereocenters. The van der Waals surface area contributed by atoms with Gasteiger partial charge in [0.25, 0.3) is 5.91 Å². The molecule has 0 fully saturated rings. The first-order chi connectivity index (χ1) is 9.56. The largest absolute Gasteiger partial charge is 0.484 e. The Morgan fingerprint density at radius 3 is 2.45 bits per heavy atom. The second-order valence-electron chi connectivity index (χ2n) is 4.79. The zero-order valence-electron chi connectivity index (χ0n) is 12.6. The summed E-state index contributed by atoms with van der Waals surface area (Å²) >= 11 is 0. The van der Waals surface area contributed by atoms with E-state index in [1.165, 1.54) is 5.56 Å². The summed E-state index contributed by atoms with van der Waals surface area (Å²) in [4.78, 5) is 11.6. The first-order valence-corrected chi connectivity index (χ1v) is 6.75. The van der Waals surface area contributed by atoms with E-state index in [2.05, 4.69) is 17.6 Å². The highest BCUT2D eigenvalue weighted by Crippen LogP contribution is 2.17. The molecule has 0 aliphatic carbocycles. The Hall–Kier alpha value is -1.59. The number of carbonyl (C=O) groups is 1. The van der Waals surface area contributed by atoms with Crippen LogP contribution in [0.5, 0.6) is 5.75 Å². The number of carbonyl (C=O) groups excluding carboxylic acids is 1. The van der Waals surface area contributed by atoms with E-state index in [1.807, 2.05) is 38.2 Å². The van der Waals surface area contributed by atoms with Crippen molar-refractivity contribution < 1.29 is 14.3 Å². The van der Waals surface area contributed by atoms with Crippen LogP contribution in [0.1, 0.15) is 25.5 Å². The number of nitrogens with one attached hydrogen (secondary N) is 2. The molecular formula is C15H24N2O3. The summed E-state index contributed by atoms with van der Waals surface area (Å²) in [6.45, 7) is 4.47. The van der Waals surface area contributed by atoms with Crippen LogP contribution in [0.25, 0.3) is 0 Å². The van der Waals surface area contributed by atoms with Gasteiger partial charge in [0.15, 0.2) is 6.61 Å². The zero-order valence-corrected chi connectivity index (χ0v) is 12.6. The van der Waals surface area contributed by atoms with E-state index in [0.717, 1.165) is 0 Å². The Morgan fingerprint density at radius 2 is 1.90 bits per heavy atom. The summed E-state index contributed by atoms with van der Waals surface area (Å²) in [6, 6.07) is 7.99. The smallest absolute Gasteiger partial charge is 0.258 e. The van der Waals surface area contributed by atoms with Crippen LogP contribution in [0.15, 0.2) is 24.3 Å². The number of hydrogen-bond acceptors (Lipinski definition) is 4. The Labute approximate surface area is 120 Å². The fraction of sp³-hybridized carbons (Fsp3) is 0.533. The van der Waals surface area contributed by atoms with Gasteiger partial charge in [-0.3, -0.25) is 4.79 Å². The van der Waals surface area contributed by atoms with Gasteiger partial charge in [-0.1, -0.05) is 12.1 Å². The van der Waals surface area contributed by atoms with E-state index in [4.69, 9.17) is 9.47 Å². The maximum Gasteiger partial charge on any atom is 0.258 e. The highest BCUT2D eigenvalue weighted by molar-refractivity contribution is 5.77. The van der Waals surface area contributed by atoms with E-state index in [-0.39, 0.29) is 18.6 Å². The van der Waals surface area contributed by atoms with Gasteiger partial charge in [0.2, 0.25) is 0 Å². The number of methoxy groups -OCH3 is 1. The minimum absolute atomic E-state index is 0.00891. The molecule has 0 aliphatic heterocycles. The summed E-state index contributed by atoms with van der Waals surface area (Å²) in [5.74, 6) is 0.536. The molecule has 0 saturated carbocycles. The lowest BCUT2D eigenvalue weighted by molar-refractivity contribution is -0.124. The number of amides is 1. The van der Waals surface area contributed by atoms with Crippen molar-refractivity contribution in [1.29, 1.82) is 0 Å². The number of rotatable bonds is 8. The van der Waals surface area contributed by atoms with Crippen LogP contribution in [0.3, 0.4) is 0 Å². The molecule has 112 valence electrons. The Kier molecular flexibility index (Phi) is 7.04. The van der Waals surface area contributed by atoms with Crippen molar-refractivity contribution in [2.45, 2.75) is 25.9 Å². The quantitative estimate of drug-likeness (QED) is 0.757. The van der Waals surface area contributed by atoms with Gasteiger partial charge in [0, 0.05) is 19.2 Å². The average Bonchev–Trinajstić information content (AvgIpc) is 2.45. The highest BCUT2D eigenvalue weighted by Gasteiger charge is 2.08. The topological polar surface area (TPSA) is 59.6 Å². The van der Waals surface area contributed by atoms with Gasteiger partial charge in [-0.25, -0.2) is 0 Å². The standard InChI is InChI=1S/C15H24N2O3/c1-11(9-19-4)17-15(18)10-20-14-7-5-13(6-8-14)12(2)16-3/h5-8,11-12,16H,9-10H2,1-4H3,(H,17,18). The summed E-state index contributed by atoms with van der Waals surface area (Å²) < 4.78 is 10.4. The van der Waals surface area contributed by atoms with Gasteiger partial charge in [0.05, 0.1) is 6.61 Å². The predicted molar refractivity (Wildman–Crippen MR) is 78.9 cm³/mol. The van der Waals surface area contributed by atoms with Crippen molar-refractivity contribution in [2.75, 3.05) is 27.4 Å². The zero-order chi connectivity index (χ0) is 15.0. The molecule has 5 nitrogen and oxygen atoms in total. The third kappa shape index (κ3) is 5.59. The lowest BCUT2D eigenvalue weighted by Crippen LogP contribution is -2.38. The Balaban J connectivity index is 2.40.